The van der Waals surface area contributed by atoms with Gasteiger partial charge in [-0.1, -0.05) is 42.5 Å². The van der Waals surface area contributed by atoms with Crippen LogP contribution in [0.4, 0.5) is 5.69 Å². The number of rotatable bonds is 4. The van der Waals surface area contributed by atoms with Crippen molar-refractivity contribution < 1.29 is 0 Å². The van der Waals surface area contributed by atoms with Gasteiger partial charge in [-0.3, -0.25) is 0 Å². The summed E-state index contributed by atoms with van der Waals surface area (Å²) in [5.41, 5.74) is 5.55. The van der Waals surface area contributed by atoms with E-state index < -0.39 is 0 Å². The molecule has 104 valence electrons. The van der Waals surface area contributed by atoms with Crippen molar-refractivity contribution in [1.82, 2.24) is 4.90 Å². The van der Waals surface area contributed by atoms with Gasteiger partial charge < -0.3 is 10.2 Å². The van der Waals surface area contributed by atoms with Crippen molar-refractivity contribution in [2.45, 2.75) is 25.9 Å². The highest BCUT2D eigenvalue weighted by Gasteiger charge is 2.21. The van der Waals surface area contributed by atoms with E-state index in [4.69, 9.17) is 0 Å². The molecule has 2 aromatic rings. The van der Waals surface area contributed by atoms with Crippen molar-refractivity contribution >= 4 is 5.69 Å². The van der Waals surface area contributed by atoms with Gasteiger partial charge in [0.15, 0.2) is 0 Å². The average molecular weight is 266 g/mol. The second kappa shape index (κ2) is 5.68. The second-order valence-corrected chi connectivity index (χ2v) is 5.83. The van der Waals surface area contributed by atoms with Crippen molar-refractivity contribution in [2.75, 3.05) is 18.9 Å². The summed E-state index contributed by atoms with van der Waals surface area (Å²) in [6.45, 7) is 4.27. The maximum atomic E-state index is 3.62. The van der Waals surface area contributed by atoms with E-state index in [0.717, 1.165) is 19.5 Å². The highest BCUT2D eigenvalue weighted by atomic mass is 15.1. The molecule has 1 aliphatic heterocycles. The van der Waals surface area contributed by atoms with Crippen molar-refractivity contribution in [3.63, 3.8) is 0 Å². The lowest BCUT2D eigenvalue weighted by atomic mass is 10.1. The van der Waals surface area contributed by atoms with E-state index in [1.165, 1.54) is 22.4 Å². The van der Waals surface area contributed by atoms with Gasteiger partial charge in [-0.15, -0.1) is 0 Å². The third-order valence-electron chi connectivity index (χ3n) is 4.08. The molecule has 0 aromatic heterocycles. The Kier molecular flexibility index (Phi) is 3.75. The average Bonchev–Trinajstić information content (AvgIpc) is 2.83. The van der Waals surface area contributed by atoms with E-state index in [1.54, 1.807) is 0 Å². The van der Waals surface area contributed by atoms with Crippen LogP contribution in [0.25, 0.3) is 0 Å². The minimum absolute atomic E-state index is 0.529. The van der Waals surface area contributed by atoms with Crippen LogP contribution in [0.3, 0.4) is 0 Å². The molecule has 1 unspecified atom stereocenters. The lowest BCUT2D eigenvalue weighted by molar-refractivity contribution is 0.312. The first-order valence-electron chi connectivity index (χ1n) is 7.30. The molecule has 0 fully saturated rings. The highest BCUT2D eigenvalue weighted by Crippen LogP contribution is 2.25. The van der Waals surface area contributed by atoms with Crippen LogP contribution in [-0.4, -0.2) is 24.5 Å². The Morgan fingerprint density at radius 3 is 2.65 bits per heavy atom. The standard InChI is InChI=1S/C18H22N2/c1-14-7-3-4-9-16(14)12-20(2)13-17-11-15-8-5-6-10-18(15)19-17/h3-10,17,19H,11-13H2,1-2H3. The Balaban J connectivity index is 1.59. The molecule has 0 spiro atoms. The Morgan fingerprint density at radius 1 is 1.10 bits per heavy atom. The molecule has 2 aromatic carbocycles. The number of para-hydroxylation sites is 1. The molecule has 0 saturated heterocycles. The second-order valence-electron chi connectivity index (χ2n) is 5.83. The normalized spacial score (nSPS) is 17.1. The van der Waals surface area contributed by atoms with E-state index in [0.29, 0.717) is 6.04 Å². The van der Waals surface area contributed by atoms with Crippen LogP contribution >= 0.6 is 0 Å². The van der Waals surface area contributed by atoms with E-state index in [-0.39, 0.29) is 0 Å². The Labute approximate surface area is 121 Å². The molecule has 1 N–H and O–H groups in total. The summed E-state index contributed by atoms with van der Waals surface area (Å²) in [5, 5.41) is 3.62. The van der Waals surface area contributed by atoms with Gasteiger partial charge in [-0.25, -0.2) is 0 Å². The number of benzene rings is 2. The first-order valence-corrected chi connectivity index (χ1v) is 7.30. The number of anilines is 1. The zero-order chi connectivity index (χ0) is 13.9. The minimum Gasteiger partial charge on any atom is -0.380 e. The molecule has 1 atom stereocenters. The zero-order valence-electron chi connectivity index (χ0n) is 12.3. The predicted octanol–water partition coefficient (Wildman–Crippen LogP) is 3.46. The molecular weight excluding hydrogens is 244 g/mol. The maximum Gasteiger partial charge on any atom is 0.0429 e. The summed E-state index contributed by atoms with van der Waals surface area (Å²) >= 11 is 0. The van der Waals surface area contributed by atoms with Gasteiger partial charge in [0, 0.05) is 24.8 Å². The van der Waals surface area contributed by atoms with Gasteiger partial charge in [0.1, 0.15) is 0 Å². The smallest absolute Gasteiger partial charge is 0.0429 e. The SMILES string of the molecule is Cc1ccccc1CN(C)CC1Cc2ccccc2N1. The van der Waals surface area contributed by atoms with Crippen molar-refractivity contribution in [3.8, 4) is 0 Å². The molecular formula is C18H22N2. The van der Waals surface area contributed by atoms with Crippen LogP contribution in [0.1, 0.15) is 16.7 Å². The fourth-order valence-corrected chi connectivity index (χ4v) is 3.00. The third kappa shape index (κ3) is 2.86. The monoisotopic (exact) mass is 266 g/mol. The first-order chi connectivity index (χ1) is 9.72. The maximum absolute atomic E-state index is 3.62. The summed E-state index contributed by atoms with van der Waals surface area (Å²) in [7, 11) is 2.21. The first kappa shape index (κ1) is 13.2. The highest BCUT2D eigenvalue weighted by molar-refractivity contribution is 5.56. The summed E-state index contributed by atoms with van der Waals surface area (Å²) in [6, 6.07) is 17.8. The van der Waals surface area contributed by atoms with E-state index in [1.807, 2.05) is 0 Å². The molecule has 0 radical (unpaired) electrons. The molecule has 1 aliphatic rings. The summed E-state index contributed by atoms with van der Waals surface area (Å²) < 4.78 is 0. The number of aryl methyl sites for hydroxylation is 1. The molecule has 0 amide bonds. The lowest BCUT2D eigenvalue weighted by Gasteiger charge is -2.22. The van der Waals surface area contributed by atoms with Crippen LogP contribution in [0.15, 0.2) is 48.5 Å². The fraction of sp³-hybridized carbons (Fsp3) is 0.333. The zero-order valence-corrected chi connectivity index (χ0v) is 12.3. The van der Waals surface area contributed by atoms with Gasteiger partial charge in [-0.2, -0.15) is 0 Å². The molecule has 0 saturated carbocycles. The van der Waals surface area contributed by atoms with Crippen molar-refractivity contribution in [1.29, 1.82) is 0 Å². The Bertz CT molecular complexity index is 566. The van der Waals surface area contributed by atoms with Crippen LogP contribution in [0, 0.1) is 6.92 Å². The van der Waals surface area contributed by atoms with Crippen LogP contribution in [0.2, 0.25) is 0 Å². The van der Waals surface area contributed by atoms with Crippen LogP contribution < -0.4 is 5.32 Å². The number of hydrogen-bond acceptors (Lipinski definition) is 2. The van der Waals surface area contributed by atoms with E-state index >= 15 is 0 Å². The summed E-state index contributed by atoms with van der Waals surface area (Å²) in [6.07, 6.45) is 1.13. The Hall–Kier alpha value is -1.80. The van der Waals surface area contributed by atoms with Crippen LogP contribution in [0.5, 0.6) is 0 Å². The van der Waals surface area contributed by atoms with Crippen molar-refractivity contribution in [2.24, 2.45) is 0 Å². The Morgan fingerprint density at radius 2 is 1.85 bits per heavy atom. The van der Waals surface area contributed by atoms with Gasteiger partial charge in [0.05, 0.1) is 0 Å². The van der Waals surface area contributed by atoms with Gasteiger partial charge >= 0.3 is 0 Å². The molecule has 20 heavy (non-hydrogen) atoms. The fourth-order valence-electron chi connectivity index (χ4n) is 3.00. The number of hydrogen-bond donors (Lipinski definition) is 1. The summed E-state index contributed by atoms with van der Waals surface area (Å²) in [5.74, 6) is 0. The van der Waals surface area contributed by atoms with Gasteiger partial charge in [-0.05, 0) is 43.1 Å². The topological polar surface area (TPSA) is 15.3 Å². The van der Waals surface area contributed by atoms with Crippen LogP contribution in [-0.2, 0) is 13.0 Å². The molecule has 3 rings (SSSR count). The van der Waals surface area contributed by atoms with Crippen molar-refractivity contribution in [3.05, 3.63) is 65.2 Å². The number of likely N-dealkylation sites (N-methyl/N-ethyl adjacent to an activating group) is 1. The van der Waals surface area contributed by atoms with Gasteiger partial charge in [0.25, 0.3) is 0 Å². The molecule has 2 heteroatoms. The van der Waals surface area contributed by atoms with E-state index in [2.05, 4.69) is 72.7 Å². The predicted molar refractivity (Wildman–Crippen MR) is 85.1 cm³/mol. The minimum atomic E-state index is 0.529. The number of fused-ring (bicyclic) bond motifs is 1. The van der Waals surface area contributed by atoms with Gasteiger partial charge in [0.2, 0.25) is 0 Å². The molecule has 0 bridgehead atoms. The molecule has 0 aliphatic carbocycles. The third-order valence-corrected chi connectivity index (χ3v) is 4.08. The number of nitrogens with one attached hydrogen (secondary N) is 1. The lowest BCUT2D eigenvalue weighted by Crippen LogP contribution is -2.32. The largest absolute Gasteiger partial charge is 0.380 e. The molecule has 2 nitrogen and oxygen atoms in total. The quantitative estimate of drug-likeness (QED) is 0.911. The summed E-state index contributed by atoms with van der Waals surface area (Å²) in [4.78, 5) is 2.41. The van der Waals surface area contributed by atoms with E-state index in [9.17, 15) is 0 Å². The molecule has 1 heterocycles. The number of nitrogens with zero attached hydrogens (tertiary/aromatic N) is 1.